The SMILES string of the molecule is FC(F)Oc1cccc2c1CC(c1ccccc1)NC2. The molecular formula is C16H15F2NO. The number of benzene rings is 2. The molecule has 1 aliphatic heterocycles. The Hall–Kier alpha value is -1.94. The Balaban J connectivity index is 1.89. The van der Waals surface area contributed by atoms with Crippen molar-refractivity contribution in [3.05, 3.63) is 65.2 Å². The first kappa shape index (κ1) is 13.1. The molecule has 2 aromatic rings. The van der Waals surface area contributed by atoms with Gasteiger partial charge in [0.25, 0.3) is 0 Å². The summed E-state index contributed by atoms with van der Waals surface area (Å²) in [4.78, 5) is 0. The third kappa shape index (κ3) is 2.65. The summed E-state index contributed by atoms with van der Waals surface area (Å²) in [5.41, 5.74) is 3.06. The molecule has 1 unspecified atom stereocenters. The summed E-state index contributed by atoms with van der Waals surface area (Å²) in [5, 5.41) is 3.43. The highest BCUT2D eigenvalue weighted by Gasteiger charge is 2.23. The predicted octanol–water partition coefficient (Wildman–Crippen LogP) is 3.68. The van der Waals surface area contributed by atoms with E-state index in [0.29, 0.717) is 18.7 Å². The molecule has 2 nitrogen and oxygen atoms in total. The topological polar surface area (TPSA) is 21.3 Å². The highest BCUT2D eigenvalue weighted by Crippen LogP contribution is 2.32. The number of hydrogen-bond donors (Lipinski definition) is 1. The molecule has 0 fully saturated rings. The van der Waals surface area contributed by atoms with Crippen LogP contribution in [0.1, 0.15) is 22.7 Å². The van der Waals surface area contributed by atoms with E-state index in [9.17, 15) is 8.78 Å². The molecule has 1 N–H and O–H groups in total. The zero-order valence-electron chi connectivity index (χ0n) is 10.9. The second-order valence-corrected chi connectivity index (χ2v) is 4.82. The van der Waals surface area contributed by atoms with Crippen molar-refractivity contribution in [2.45, 2.75) is 25.6 Å². The molecule has 1 heterocycles. The van der Waals surface area contributed by atoms with Gasteiger partial charge in [-0.2, -0.15) is 8.78 Å². The summed E-state index contributed by atoms with van der Waals surface area (Å²) >= 11 is 0. The van der Waals surface area contributed by atoms with Crippen molar-refractivity contribution in [2.75, 3.05) is 0 Å². The molecule has 3 rings (SSSR count). The van der Waals surface area contributed by atoms with Crippen molar-refractivity contribution in [1.82, 2.24) is 5.32 Å². The zero-order chi connectivity index (χ0) is 13.9. The molecule has 0 saturated heterocycles. The lowest BCUT2D eigenvalue weighted by atomic mass is 9.91. The molecule has 0 saturated carbocycles. The minimum atomic E-state index is -2.79. The Morgan fingerprint density at radius 3 is 2.60 bits per heavy atom. The van der Waals surface area contributed by atoms with Gasteiger partial charge in [-0.25, -0.2) is 0 Å². The van der Waals surface area contributed by atoms with E-state index >= 15 is 0 Å². The van der Waals surface area contributed by atoms with Gasteiger partial charge >= 0.3 is 6.61 Å². The van der Waals surface area contributed by atoms with Crippen LogP contribution in [0.25, 0.3) is 0 Å². The second kappa shape index (κ2) is 5.59. The molecular weight excluding hydrogens is 260 g/mol. The maximum Gasteiger partial charge on any atom is 0.387 e. The summed E-state index contributed by atoms with van der Waals surface area (Å²) in [6.45, 7) is -2.12. The van der Waals surface area contributed by atoms with E-state index in [1.165, 1.54) is 0 Å². The minimum Gasteiger partial charge on any atom is -0.435 e. The third-order valence-corrected chi connectivity index (χ3v) is 3.60. The normalized spacial score (nSPS) is 17.9. The molecule has 0 aromatic heterocycles. The van der Waals surface area contributed by atoms with Gasteiger partial charge in [-0.3, -0.25) is 0 Å². The Bertz CT molecular complexity index is 586. The van der Waals surface area contributed by atoms with Crippen LogP contribution in [-0.4, -0.2) is 6.61 Å². The smallest absolute Gasteiger partial charge is 0.387 e. The van der Waals surface area contributed by atoms with Crippen LogP contribution in [0.5, 0.6) is 5.75 Å². The van der Waals surface area contributed by atoms with Gasteiger partial charge in [0.15, 0.2) is 0 Å². The highest BCUT2D eigenvalue weighted by molar-refractivity contribution is 5.43. The summed E-state index contributed by atoms with van der Waals surface area (Å²) in [6, 6.07) is 15.4. The predicted molar refractivity (Wildman–Crippen MR) is 72.8 cm³/mol. The van der Waals surface area contributed by atoms with Gasteiger partial charge in [-0.15, -0.1) is 0 Å². The molecule has 0 amide bonds. The molecule has 0 spiro atoms. The highest BCUT2D eigenvalue weighted by atomic mass is 19.3. The lowest BCUT2D eigenvalue weighted by Crippen LogP contribution is -2.29. The van der Waals surface area contributed by atoms with Crippen LogP contribution >= 0.6 is 0 Å². The van der Waals surface area contributed by atoms with Crippen molar-refractivity contribution >= 4 is 0 Å². The summed E-state index contributed by atoms with van der Waals surface area (Å²) in [5.74, 6) is 0.292. The van der Waals surface area contributed by atoms with E-state index in [2.05, 4.69) is 10.1 Å². The lowest BCUT2D eigenvalue weighted by molar-refractivity contribution is -0.0506. The van der Waals surface area contributed by atoms with E-state index in [1.54, 1.807) is 12.1 Å². The van der Waals surface area contributed by atoms with Crippen LogP contribution in [0, 0.1) is 0 Å². The standard InChI is InChI=1S/C16H15F2NO/c17-16(18)20-15-8-4-7-12-10-19-14(9-13(12)15)11-5-2-1-3-6-11/h1-8,14,16,19H,9-10H2. The van der Waals surface area contributed by atoms with Crippen molar-refractivity contribution < 1.29 is 13.5 Å². The summed E-state index contributed by atoms with van der Waals surface area (Å²) in [6.07, 6.45) is 0.655. The Labute approximate surface area is 116 Å². The van der Waals surface area contributed by atoms with Gasteiger partial charge in [0.1, 0.15) is 5.75 Å². The van der Waals surface area contributed by atoms with Crippen molar-refractivity contribution in [3.63, 3.8) is 0 Å². The van der Waals surface area contributed by atoms with Crippen LogP contribution in [-0.2, 0) is 13.0 Å². The van der Waals surface area contributed by atoms with Gasteiger partial charge in [-0.1, -0.05) is 42.5 Å². The molecule has 0 aliphatic carbocycles. The molecule has 1 aliphatic rings. The maximum absolute atomic E-state index is 12.5. The lowest BCUT2D eigenvalue weighted by Gasteiger charge is -2.28. The van der Waals surface area contributed by atoms with E-state index in [-0.39, 0.29) is 6.04 Å². The molecule has 0 bridgehead atoms. The van der Waals surface area contributed by atoms with E-state index in [4.69, 9.17) is 0 Å². The monoisotopic (exact) mass is 275 g/mol. The van der Waals surface area contributed by atoms with Crippen LogP contribution in [0.15, 0.2) is 48.5 Å². The first-order chi connectivity index (χ1) is 9.74. The van der Waals surface area contributed by atoms with Crippen LogP contribution < -0.4 is 10.1 Å². The van der Waals surface area contributed by atoms with Crippen molar-refractivity contribution in [2.24, 2.45) is 0 Å². The largest absolute Gasteiger partial charge is 0.435 e. The maximum atomic E-state index is 12.5. The number of hydrogen-bond acceptors (Lipinski definition) is 2. The molecule has 20 heavy (non-hydrogen) atoms. The number of rotatable bonds is 3. The van der Waals surface area contributed by atoms with Crippen LogP contribution in [0.4, 0.5) is 8.78 Å². The average Bonchev–Trinajstić information content (AvgIpc) is 2.47. The fourth-order valence-corrected chi connectivity index (χ4v) is 2.65. The quantitative estimate of drug-likeness (QED) is 0.922. The van der Waals surface area contributed by atoms with Crippen LogP contribution in [0.3, 0.4) is 0 Å². The number of alkyl halides is 2. The zero-order valence-corrected chi connectivity index (χ0v) is 10.9. The summed E-state index contributed by atoms with van der Waals surface area (Å²) < 4.78 is 29.6. The fourth-order valence-electron chi connectivity index (χ4n) is 2.65. The van der Waals surface area contributed by atoms with Gasteiger partial charge in [0.2, 0.25) is 0 Å². The van der Waals surface area contributed by atoms with E-state index in [1.807, 2.05) is 36.4 Å². The first-order valence-electron chi connectivity index (χ1n) is 6.58. The first-order valence-corrected chi connectivity index (χ1v) is 6.58. The number of halogens is 2. The molecule has 2 aromatic carbocycles. The fraction of sp³-hybridized carbons (Fsp3) is 0.250. The molecule has 1 atom stereocenters. The van der Waals surface area contributed by atoms with Crippen LogP contribution in [0.2, 0.25) is 0 Å². The Morgan fingerprint density at radius 2 is 1.85 bits per heavy atom. The Kier molecular flexibility index (Phi) is 3.65. The third-order valence-electron chi connectivity index (χ3n) is 3.60. The number of ether oxygens (including phenoxy) is 1. The van der Waals surface area contributed by atoms with Gasteiger partial charge < -0.3 is 10.1 Å². The second-order valence-electron chi connectivity index (χ2n) is 4.82. The molecule has 104 valence electrons. The van der Waals surface area contributed by atoms with E-state index in [0.717, 1.165) is 16.7 Å². The minimum absolute atomic E-state index is 0.131. The summed E-state index contributed by atoms with van der Waals surface area (Å²) in [7, 11) is 0. The van der Waals surface area contributed by atoms with Gasteiger partial charge in [-0.05, 0) is 23.6 Å². The molecule has 4 heteroatoms. The van der Waals surface area contributed by atoms with Gasteiger partial charge in [0, 0.05) is 18.2 Å². The van der Waals surface area contributed by atoms with Gasteiger partial charge in [0.05, 0.1) is 0 Å². The number of fused-ring (bicyclic) bond motifs is 1. The van der Waals surface area contributed by atoms with E-state index < -0.39 is 6.61 Å². The van der Waals surface area contributed by atoms with Crippen molar-refractivity contribution in [1.29, 1.82) is 0 Å². The average molecular weight is 275 g/mol. The van der Waals surface area contributed by atoms with Crippen molar-refractivity contribution in [3.8, 4) is 5.75 Å². The molecule has 0 radical (unpaired) electrons. The Morgan fingerprint density at radius 1 is 1.05 bits per heavy atom. The number of nitrogens with one attached hydrogen (secondary N) is 1.